The summed E-state index contributed by atoms with van der Waals surface area (Å²) < 4.78 is 11.0. The molecule has 1 amide bonds. The molecular weight excluding hydrogens is 444 g/mol. The molecule has 35 heavy (non-hydrogen) atoms. The Morgan fingerprint density at radius 3 is 2.37 bits per heavy atom. The third-order valence-corrected chi connectivity index (χ3v) is 6.18. The van der Waals surface area contributed by atoms with Crippen molar-refractivity contribution < 1.29 is 24.2 Å². The van der Waals surface area contributed by atoms with Crippen molar-refractivity contribution >= 4 is 17.4 Å². The fourth-order valence-electron chi connectivity index (χ4n) is 4.42. The van der Waals surface area contributed by atoms with Crippen molar-refractivity contribution in [2.45, 2.75) is 39.2 Å². The number of carbonyl (C=O) groups is 2. The Bertz CT molecular complexity index is 1090. The van der Waals surface area contributed by atoms with Gasteiger partial charge in [-0.2, -0.15) is 0 Å². The van der Waals surface area contributed by atoms with E-state index >= 15 is 0 Å². The van der Waals surface area contributed by atoms with E-state index in [1.807, 2.05) is 70.1 Å². The first kappa shape index (κ1) is 26.3. The maximum atomic E-state index is 13.3. The number of hydrogen-bond donors (Lipinski definition) is 1. The van der Waals surface area contributed by atoms with Gasteiger partial charge in [-0.1, -0.05) is 26.0 Å². The summed E-state index contributed by atoms with van der Waals surface area (Å²) in [6, 6.07) is 12.0. The minimum absolute atomic E-state index is 0.101. The number of aliphatic hydroxyl groups excluding tert-OH is 1. The highest BCUT2D eigenvalue weighted by Gasteiger charge is 2.45. The van der Waals surface area contributed by atoms with Crippen molar-refractivity contribution in [3.8, 4) is 11.5 Å². The molecule has 1 heterocycles. The summed E-state index contributed by atoms with van der Waals surface area (Å²) in [6.07, 6.45) is 0.702. The average Bonchev–Trinajstić information content (AvgIpc) is 3.08. The molecule has 1 N–H and O–H groups in total. The first-order valence-corrected chi connectivity index (χ1v) is 12.0. The lowest BCUT2D eigenvalue weighted by molar-refractivity contribution is -0.139. The molecule has 0 aliphatic carbocycles. The molecule has 0 saturated carbocycles. The molecular formula is C28H36N2O5. The minimum atomic E-state index is -0.683. The Morgan fingerprint density at radius 1 is 1.11 bits per heavy atom. The molecule has 1 fully saturated rings. The monoisotopic (exact) mass is 480 g/mol. The number of benzene rings is 2. The maximum absolute atomic E-state index is 13.3. The number of methoxy groups -OCH3 is 1. The van der Waals surface area contributed by atoms with E-state index in [-0.39, 0.29) is 17.3 Å². The molecule has 7 heteroatoms. The number of nitrogens with zero attached hydrogens (tertiary/aromatic N) is 2. The largest absolute Gasteiger partial charge is 0.507 e. The quantitative estimate of drug-likeness (QED) is 0.304. The Hall–Kier alpha value is -3.32. The van der Waals surface area contributed by atoms with Crippen LogP contribution in [0.1, 0.15) is 55.8 Å². The summed E-state index contributed by atoms with van der Waals surface area (Å²) in [5, 5.41) is 11.4. The fraction of sp³-hybridized carbons (Fsp3) is 0.429. The summed E-state index contributed by atoms with van der Waals surface area (Å²) in [7, 11) is 5.54. The van der Waals surface area contributed by atoms with Crippen LogP contribution in [0.3, 0.4) is 0 Å². The third-order valence-electron chi connectivity index (χ3n) is 6.18. The van der Waals surface area contributed by atoms with Gasteiger partial charge in [-0.15, -0.1) is 0 Å². The molecule has 0 spiro atoms. The number of likely N-dealkylation sites (tertiary alicyclic amines) is 1. The summed E-state index contributed by atoms with van der Waals surface area (Å²) in [6.45, 7) is 7.69. The van der Waals surface area contributed by atoms with Crippen LogP contribution in [-0.2, 0) is 9.59 Å². The predicted octanol–water partition coefficient (Wildman–Crippen LogP) is 4.59. The van der Waals surface area contributed by atoms with Crippen LogP contribution in [-0.4, -0.2) is 67.5 Å². The van der Waals surface area contributed by atoms with Gasteiger partial charge in [0.2, 0.25) is 0 Å². The van der Waals surface area contributed by atoms with Crippen LogP contribution in [0.5, 0.6) is 11.5 Å². The normalized spacial score (nSPS) is 17.5. The van der Waals surface area contributed by atoms with Crippen LogP contribution >= 0.6 is 0 Å². The van der Waals surface area contributed by atoms with Gasteiger partial charge in [-0.05, 0) is 81.4 Å². The highest BCUT2D eigenvalue weighted by molar-refractivity contribution is 6.46. The highest BCUT2D eigenvalue weighted by atomic mass is 16.5. The molecule has 0 aromatic heterocycles. The Morgan fingerprint density at radius 2 is 1.80 bits per heavy atom. The van der Waals surface area contributed by atoms with Gasteiger partial charge >= 0.3 is 0 Å². The SMILES string of the molecule is CCOc1ccc(C2/C(=C(/O)c3ccc(OC)c(C(C)C)c3)C(=O)C(=O)N2CCCN(C)C)cc1. The van der Waals surface area contributed by atoms with Gasteiger partial charge in [0.05, 0.1) is 25.3 Å². The molecule has 7 nitrogen and oxygen atoms in total. The zero-order valence-corrected chi connectivity index (χ0v) is 21.5. The number of Topliss-reactive ketones (excluding diaryl/α,β-unsaturated/α-hetero) is 1. The van der Waals surface area contributed by atoms with Crippen molar-refractivity contribution in [1.82, 2.24) is 9.80 Å². The van der Waals surface area contributed by atoms with Crippen LogP contribution in [0, 0.1) is 0 Å². The van der Waals surface area contributed by atoms with Crippen LogP contribution in [0.4, 0.5) is 0 Å². The smallest absolute Gasteiger partial charge is 0.295 e. The predicted molar refractivity (Wildman–Crippen MR) is 137 cm³/mol. The van der Waals surface area contributed by atoms with Crippen LogP contribution in [0.25, 0.3) is 5.76 Å². The van der Waals surface area contributed by atoms with E-state index in [2.05, 4.69) is 0 Å². The first-order chi connectivity index (χ1) is 16.7. The van der Waals surface area contributed by atoms with Gasteiger partial charge in [0.25, 0.3) is 11.7 Å². The minimum Gasteiger partial charge on any atom is -0.507 e. The van der Waals surface area contributed by atoms with Crippen molar-refractivity contribution in [2.75, 3.05) is 40.9 Å². The van der Waals surface area contributed by atoms with E-state index in [1.165, 1.54) is 0 Å². The summed E-state index contributed by atoms with van der Waals surface area (Å²) in [5.74, 6) is 0.117. The second-order valence-electron chi connectivity index (χ2n) is 9.26. The molecule has 1 aliphatic heterocycles. The second-order valence-corrected chi connectivity index (χ2v) is 9.26. The van der Waals surface area contributed by atoms with Crippen LogP contribution in [0.2, 0.25) is 0 Å². The average molecular weight is 481 g/mol. The number of ketones is 1. The van der Waals surface area contributed by atoms with Crippen molar-refractivity contribution in [3.05, 3.63) is 64.7 Å². The molecule has 0 radical (unpaired) electrons. The van der Waals surface area contributed by atoms with E-state index in [0.29, 0.717) is 36.6 Å². The summed E-state index contributed by atoms with van der Waals surface area (Å²) >= 11 is 0. The van der Waals surface area contributed by atoms with Crippen molar-refractivity contribution in [2.24, 2.45) is 0 Å². The number of ether oxygens (including phenoxy) is 2. The molecule has 0 bridgehead atoms. The number of amides is 1. The number of aliphatic hydroxyl groups is 1. The van der Waals surface area contributed by atoms with Crippen LogP contribution < -0.4 is 9.47 Å². The molecule has 1 atom stereocenters. The summed E-state index contributed by atoms with van der Waals surface area (Å²) in [4.78, 5) is 30.0. The first-order valence-electron chi connectivity index (χ1n) is 12.0. The zero-order valence-electron chi connectivity index (χ0n) is 21.5. The lowest BCUT2D eigenvalue weighted by Gasteiger charge is -2.26. The molecule has 1 saturated heterocycles. The van der Waals surface area contributed by atoms with E-state index in [9.17, 15) is 14.7 Å². The highest BCUT2D eigenvalue weighted by Crippen LogP contribution is 2.40. The topological polar surface area (TPSA) is 79.3 Å². The van der Waals surface area contributed by atoms with Crippen molar-refractivity contribution in [1.29, 1.82) is 0 Å². The fourth-order valence-corrected chi connectivity index (χ4v) is 4.42. The van der Waals surface area contributed by atoms with E-state index in [0.717, 1.165) is 17.7 Å². The van der Waals surface area contributed by atoms with E-state index in [1.54, 1.807) is 24.1 Å². The van der Waals surface area contributed by atoms with Gasteiger partial charge in [0, 0.05) is 12.1 Å². The molecule has 1 aliphatic rings. The number of rotatable bonds is 10. The Balaban J connectivity index is 2.12. The number of hydrogen-bond acceptors (Lipinski definition) is 6. The van der Waals surface area contributed by atoms with E-state index in [4.69, 9.17) is 9.47 Å². The van der Waals surface area contributed by atoms with Gasteiger partial charge in [-0.25, -0.2) is 0 Å². The molecule has 1 unspecified atom stereocenters. The lowest BCUT2D eigenvalue weighted by atomic mass is 9.93. The van der Waals surface area contributed by atoms with Crippen LogP contribution in [0.15, 0.2) is 48.0 Å². The van der Waals surface area contributed by atoms with Gasteiger partial charge < -0.3 is 24.4 Å². The van der Waals surface area contributed by atoms with Gasteiger partial charge in [0.15, 0.2) is 0 Å². The number of carbonyl (C=O) groups excluding carboxylic acids is 2. The maximum Gasteiger partial charge on any atom is 0.295 e. The Labute approximate surface area is 207 Å². The second kappa shape index (κ2) is 11.4. The lowest BCUT2D eigenvalue weighted by Crippen LogP contribution is -2.32. The molecule has 2 aromatic rings. The third kappa shape index (κ3) is 5.68. The van der Waals surface area contributed by atoms with Crippen molar-refractivity contribution in [3.63, 3.8) is 0 Å². The zero-order chi connectivity index (χ0) is 25.7. The molecule has 2 aromatic carbocycles. The Kier molecular flexibility index (Phi) is 8.57. The van der Waals surface area contributed by atoms with E-state index < -0.39 is 17.7 Å². The molecule has 188 valence electrons. The standard InChI is InChI=1S/C28H36N2O5/c1-7-35-21-12-9-19(10-13-21)25-24(27(32)28(33)30(25)16-8-15-29(4)5)26(31)20-11-14-23(34-6)22(17-20)18(2)3/h9-14,17-18,25,31H,7-8,15-16H2,1-6H3/b26-24-. The summed E-state index contributed by atoms with van der Waals surface area (Å²) in [5.41, 5.74) is 2.24. The van der Waals surface area contributed by atoms with Gasteiger partial charge in [-0.3, -0.25) is 9.59 Å². The van der Waals surface area contributed by atoms with Gasteiger partial charge in [0.1, 0.15) is 17.3 Å². The molecule has 3 rings (SSSR count).